The smallest absolute Gasteiger partial charge is 0.374 e. The Bertz CT molecular complexity index is 800. The van der Waals surface area contributed by atoms with E-state index in [0.717, 1.165) is 12.1 Å². The third kappa shape index (κ3) is 3.79. The lowest BCUT2D eigenvalue weighted by Crippen LogP contribution is -2.04. The van der Waals surface area contributed by atoms with Crippen LogP contribution in [0.15, 0.2) is 33.1 Å². The number of rotatable bonds is 4. The van der Waals surface area contributed by atoms with E-state index in [9.17, 15) is 13.2 Å². The Labute approximate surface area is 135 Å². The number of nitrogen functional groups attached to an aromatic ring is 1. The first-order valence-corrected chi connectivity index (χ1v) is 7.94. The van der Waals surface area contributed by atoms with Gasteiger partial charge in [0, 0.05) is 5.56 Å². The lowest BCUT2D eigenvalue weighted by atomic mass is 10.1. The van der Waals surface area contributed by atoms with Crippen LogP contribution in [0.5, 0.6) is 0 Å². The highest BCUT2D eigenvalue weighted by molar-refractivity contribution is 8.00. The van der Waals surface area contributed by atoms with Crippen molar-refractivity contribution in [1.82, 2.24) is 20.3 Å². The molecule has 0 saturated heterocycles. The van der Waals surface area contributed by atoms with Gasteiger partial charge in [0.15, 0.2) is 4.34 Å². The van der Waals surface area contributed by atoms with E-state index in [4.69, 9.17) is 10.3 Å². The highest BCUT2D eigenvalue weighted by atomic mass is 32.2. The van der Waals surface area contributed by atoms with Crippen LogP contribution < -0.4 is 5.73 Å². The van der Waals surface area contributed by atoms with Gasteiger partial charge in [-0.3, -0.25) is 0 Å². The molecule has 23 heavy (non-hydrogen) atoms. The molecule has 0 radical (unpaired) electrons. The second-order valence-electron chi connectivity index (χ2n) is 4.28. The topological polar surface area (TPSA) is 90.7 Å². The summed E-state index contributed by atoms with van der Waals surface area (Å²) in [4.78, 5) is 4.14. The summed E-state index contributed by atoms with van der Waals surface area (Å²) < 4.78 is 43.3. The molecule has 3 aromatic rings. The highest BCUT2D eigenvalue weighted by Gasteiger charge is 2.30. The zero-order chi connectivity index (χ0) is 16.4. The second-order valence-corrected chi connectivity index (χ2v) is 6.51. The quantitative estimate of drug-likeness (QED) is 0.713. The summed E-state index contributed by atoms with van der Waals surface area (Å²) in [5.74, 6) is 0.923. The number of hydrogen-bond donors (Lipinski definition) is 1. The first-order chi connectivity index (χ1) is 10.9. The molecule has 0 aliphatic carbocycles. The van der Waals surface area contributed by atoms with E-state index in [1.54, 1.807) is 0 Å². The number of aromatic nitrogens is 4. The van der Waals surface area contributed by atoms with Crippen LogP contribution in [0.1, 0.15) is 11.5 Å². The monoisotopic (exact) mass is 359 g/mol. The van der Waals surface area contributed by atoms with Crippen molar-refractivity contribution in [2.24, 2.45) is 0 Å². The first-order valence-electron chi connectivity index (χ1n) is 6.14. The van der Waals surface area contributed by atoms with E-state index in [-0.39, 0.29) is 5.82 Å². The van der Waals surface area contributed by atoms with Crippen LogP contribution in [0.25, 0.3) is 11.4 Å². The van der Waals surface area contributed by atoms with Crippen molar-refractivity contribution >= 4 is 28.2 Å². The van der Waals surface area contributed by atoms with Gasteiger partial charge < -0.3 is 10.3 Å². The van der Waals surface area contributed by atoms with Crippen molar-refractivity contribution in [2.45, 2.75) is 16.3 Å². The van der Waals surface area contributed by atoms with E-state index in [2.05, 4.69) is 20.3 Å². The molecule has 0 atom stereocenters. The SMILES string of the molecule is Nc1nnc(SCc2nc(-c3ccc(C(F)(F)F)cc3)no2)s1. The van der Waals surface area contributed by atoms with Crippen molar-refractivity contribution in [2.75, 3.05) is 5.73 Å². The molecule has 11 heteroatoms. The number of hydrogen-bond acceptors (Lipinski definition) is 8. The number of nitrogens with two attached hydrogens (primary N) is 1. The molecule has 3 rings (SSSR count). The molecule has 0 aliphatic rings. The molecule has 0 unspecified atom stereocenters. The van der Waals surface area contributed by atoms with Gasteiger partial charge in [0.2, 0.25) is 16.8 Å². The van der Waals surface area contributed by atoms with Gasteiger partial charge in [-0.1, -0.05) is 40.4 Å². The molecule has 0 bridgehead atoms. The molecular weight excluding hydrogens is 351 g/mol. The Morgan fingerprint density at radius 3 is 2.52 bits per heavy atom. The van der Waals surface area contributed by atoms with Crippen LogP contribution >= 0.6 is 23.1 Å². The minimum atomic E-state index is -4.37. The molecule has 6 nitrogen and oxygen atoms in total. The third-order valence-electron chi connectivity index (χ3n) is 2.68. The van der Waals surface area contributed by atoms with E-state index in [1.165, 1.54) is 35.2 Å². The lowest BCUT2D eigenvalue weighted by Gasteiger charge is -2.05. The number of alkyl halides is 3. The van der Waals surface area contributed by atoms with E-state index in [1.807, 2.05) is 0 Å². The number of thioether (sulfide) groups is 1. The molecule has 0 aliphatic heterocycles. The van der Waals surface area contributed by atoms with E-state index in [0.29, 0.717) is 26.7 Å². The van der Waals surface area contributed by atoms with Crippen LogP contribution in [0, 0.1) is 0 Å². The van der Waals surface area contributed by atoms with Crippen molar-refractivity contribution in [3.63, 3.8) is 0 Å². The van der Waals surface area contributed by atoms with Crippen molar-refractivity contribution in [1.29, 1.82) is 0 Å². The van der Waals surface area contributed by atoms with Gasteiger partial charge in [-0.2, -0.15) is 18.2 Å². The maximum atomic E-state index is 12.5. The lowest BCUT2D eigenvalue weighted by molar-refractivity contribution is -0.137. The third-order valence-corrected chi connectivity index (χ3v) is 4.55. The predicted octanol–water partition coefficient (Wildman–Crippen LogP) is 3.48. The summed E-state index contributed by atoms with van der Waals surface area (Å²) in [7, 11) is 0. The fourth-order valence-electron chi connectivity index (χ4n) is 1.64. The summed E-state index contributed by atoms with van der Waals surface area (Å²) in [6.45, 7) is 0. The molecular formula is C12H8F3N5OS2. The Kier molecular flexibility index (Phi) is 4.22. The van der Waals surface area contributed by atoms with Gasteiger partial charge >= 0.3 is 6.18 Å². The minimum absolute atomic E-state index is 0.228. The van der Waals surface area contributed by atoms with Crippen LogP contribution in [-0.4, -0.2) is 20.3 Å². The van der Waals surface area contributed by atoms with Crippen molar-refractivity contribution in [3.05, 3.63) is 35.7 Å². The maximum Gasteiger partial charge on any atom is 0.416 e. The van der Waals surface area contributed by atoms with Crippen molar-refractivity contribution < 1.29 is 17.7 Å². The zero-order valence-corrected chi connectivity index (χ0v) is 12.9. The fourth-order valence-corrected chi connectivity index (χ4v) is 3.11. The average molecular weight is 359 g/mol. The van der Waals surface area contributed by atoms with Gasteiger partial charge in [-0.15, -0.1) is 10.2 Å². The van der Waals surface area contributed by atoms with Gasteiger partial charge in [-0.25, -0.2) is 0 Å². The number of nitrogens with zero attached hydrogens (tertiary/aromatic N) is 4. The fraction of sp³-hybridized carbons (Fsp3) is 0.167. The molecule has 0 spiro atoms. The van der Waals surface area contributed by atoms with Crippen molar-refractivity contribution in [3.8, 4) is 11.4 Å². The van der Waals surface area contributed by atoms with Crippen LogP contribution in [0.2, 0.25) is 0 Å². The Hall–Kier alpha value is -2.14. The van der Waals surface area contributed by atoms with Crippen LogP contribution in [0.4, 0.5) is 18.3 Å². The molecule has 120 valence electrons. The summed E-state index contributed by atoms with van der Waals surface area (Å²) in [6.07, 6.45) is -4.37. The predicted molar refractivity (Wildman–Crippen MR) is 78.6 cm³/mol. The van der Waals surface area contributed by atoms with Gasteiger partial charge in [0.1, 0.15) is 0 Å². The maximum absolute atomic E-state index is 12.5. The van der Waals surface area contributed by atoms with Gasteiger partial charge in [-0.05, 0) is 12.1 Å². The Morgan fingerprint density at radius 2 is 1.91 bits per heavy atom. The number of anilines is 1. The minimum Gasteiger partial charge on any atom is -0.374 e. The Morgan fingerprint density at radius 1 is 1.17 bits per heavy atom. The first kappa shape index (κ1) is 15.7. The molecule has 0 saturated carbocycles. The molecule has 2 aromatic heterocycles. The molecule has 0 fully saturated rings. The van der Waals surface area contributed by atoms with Crippen LogP contribution in [0.3, 0.4) is 0 Å². The standard InChI is InChI=1S/C12H8F3N5OS2/c13-12(14,15)7-3-1-6(2-4-7)9-17-8(21-20-9)5-22-11-19-18-10(16)23-11/h1-4H,5H2,(H2,16,18). The average Bonchev–Trinajstić information content (AvgIpc) is 3.13. The zero-order valence-electron chi connectivity index (χ0n) is 11.2. The van der Waals surface area contributed by atoms with Gasteiger partial charge in [0.05, 0.1) is 11.3 Å². The summed E-state index contributed by atoms with van der Waals surface area (Å²) >= 11 is 2.56. The summed E-state index contributed by atoms with van der Waals surface area (Å²) in [5, 5.41) is 11.6. The number of benzene rings is 1. The van der Waals surface area contributed by atoms with Crippen LogP contribution in [-0.2, 0) is 11.9 Å². The summed E-state index contributed by atoms with van der Waals surface area (Å²) in [5.41, 5.74) is 5.19. The van der Waals surface area contributed by atoms with E-state index < -0.39 is 11.7 Å². The molecule has 1 aromatic carbocycles. The Balaban J connectivity index is 1.69. The van der Waals surface area contributed by atoms with E-state index >= 15 is 0 Å². The molecule has 2 heterocycles. The highest BCUT2D eigenvalue weighted by Crippen LogP contribution is 2.31. The van der Waals surface area contributed by atoms with Gasteiger partial charge in [0.25, 0.3) is 0 Å². The molecule has 2 N–H and O–H groups in total. The largest absolute Gasteiger partial charge is 0.416 e. The molecule has 0 amide bonds. The second kappa shape index (κ2) is 6.16. The number of halogens is 3. The summed E-state index contributed by atoms with van der Waals surface area (Å²) in [6, 6.07) is 4.56. The normalized spacial score (nSPS) is 11.8.